The molecule has 0 unspecified atom stereocenters. The van der Waals surface area contributed by atoms with E-state index in [4.69, 9.17) is 11.6 Å². The van der Waals surface area contributed by atoms with E-state index in [-0.39, 0.29) is 18.6 Å². The Bertz CT molecular complexity index is 1060. The van der Waals surface area contributed by atoms with Crippen molar-refractivity contribution in [3.8, 4) is 0 Å². The molecule has 1 aromatic heterocycles. The van der Waals surface area contributed by atoms with E-state index in [9.17, 15) is 36.3 Å². The highest BCUT2D eigenvalue weighted by atomic mass is 35.5. The van der Waals surface area contributed by atoms with E-state index >= 15 is 0 Å². The van der Waals surface area contributed by atoms with E-state index in [1.165, 1.54) is 18.5 Å². The third-order valence-electron chi connectivity index (χ3n) is 3.68. The SMILES string of the molecule is C[C@@](O)(C(=O)Nc1ccc(S(=O)(=O)CC(=O)Nc2ncccn2)cc1Cl)C(F)(F)F. The molecule has 0 aliphatic carbocycles. The van der Waals surface area contributed by atoms with Gasteiger partial charge in [-0.3, -0.25) is 14.9 Å². The quantitative estimate of drug-likeness (QED) is 0.590. The fourth-order valence-corrected chi connectivity index (χ4v) is 3.39. The van der Waals surface area contributed by atoms with Gasteiger partial charge in [0.15, 0.2) is 9.84 Å². The molecule has 14 heteroatoms. The van der Waals surface area contributed by atoms with Crippen LogP contribution in [0.5, 0.6) is 0 Å². The topological polar surface area (TPSA) is 138 Å². The fourth-order valence-electron chi connectivity index (χ4n) is 1.94. The fraction of sp³-hybridized carbons (Fsp3) is 0.250. The minimum atomic E-state index is -5.25. The third-order valence-corrected chi connectivity index (χ3v) is 5.61. The van der Waals surface area contributed by atoms with Crippen LogP contribution in [0.15, 0.2) is 41.6 Å². The largest absolute Gasteiger partial charge is 0.426 e. The molecular weight excluding hydrogens is 453 g/mol. The van der Waals surface area contributed by atoms with E-state index in [1.54, 1.807) is 5.32 Å². The lowest BCUT2D eigenvalue weighted by atomic mass is 10.1. The third kappa shape index (κ3) is 5.43. The molecule has 0 radical (unpaired) electrons. The summed E-state index contributed by atoms with van der Waals surface area (Å²) in [5, 5.41) is 12.9. The van der Waals surface area contributed by atoms with Crippen LogP contribution in [-0.4, -0.2) is 52.8 Å². The summed E-state index contributed by atoms with van der Waals surface area (Å²) in [6.07, 6.45) is -2.58. The number of hydrogen-bond acceptors (Lipinski definition) is 7. The van der Waals surface area contributed by atoms with Crippen molar-refractivity contribution in [1.29, 1.82) is 0 Å². The number of benzene rings is 1. The summed E-state index contributed by atoms with van der Waals surface area (Å²) >= 11 is 5.85. The Morgan fingerprint density at radius 2 is 1.77 bits per heavy atom. The normalized spacial score (nSPS) is 13.9. The molecule has 2 amide bonds. The number of amides is 2. The summed E-state index contributed by atoms with van der Waals surface area (Å²) < 4.78 is 62.9. The molecule has 2 aromatic rings. The molecule has 3 N–H and O–H groups in total. The van der Waals surface area contributed by atoms with E-state index < -0.39 is 49.1 Å². The van der Waals surface area contributed by atoms with Gasteiger partial charge in [-0.15, -0.1) is 0 Å². The Morgan fingerprint density at radius 3 is 2.30 bits per heavy atom. The van der Waals surface area contributed by atoms with Crippen molar-refractivity contribution in [1.82, 2.24) is 9.97 Å². The number of halogens is 4. The minimum absolute atomic E-state index is 0.106. The number of anilines is 2. The lowest BCUT2D eigenvalue weighted by molar-refractivity contribution is -0.242. The first-order valence-electron chi connectivity index (χ1n) is 7.94. The summed E-state index contributed by atoms with van der Waals surface area (Å²) in [5.74, 6) is -3.84. The molecule has 2 rings (SSSR count). The van der Waals surface area contributed by atoms with Crippen LogP contribution in [0.25, 0.3) is 0 Å². The van der Waals surface area contributed by atoms with Gasteiger partial charge in [-0.2, -0.15) is 13.2 Å². The van der Waals surface area contributed by atoms with Crippen molar-refractivity contribution in [2.75, 3.05) is 16.4 Å². The number of nitrogens with one attached hydrogen (secondary N) is 2. The van der Waals surface area contributed by atoms with E-state index in [0.717, 1.165) is 18.2 Å². The Morgan fingerprint density at radius 1 is 1.17 bits per heavy atom. The van der Waals surface area contributed by atoms with Crippen LogP contribution in [0.4, 0.5) is 24.8 Å². The highest BCUT2D eigenvalue weighted by Crippen LogP contribution is 2.32. The van der Waals surface area contributed by atoms with Crippen molar-refractivity contribution in [3.63, 3.8) is 0 Å². The second kappa shape index (κ2) is 8.53. The van der Waals surface area contributed by atoms with Crippen LogP contribution in [0, 0.1) is 0 Å². The van der Waals surface area contributed by atoms with Crippen molar-refractivity contribution in [2.24, 2.45) is 0 Å². The minimum Gasteiger partial charge on any atom is -0.373 e. The Hall–Kier alpha value is -2.77. The average molecular weight is 467 g/mol. The van der Waals surface area contributed by atoms with Crippen LogP contribution in [0.3, 0.4) is 0 Å². The molecule has 1 atom stereocenters. The van der Waals surface area contributed by atoms with Crippen LogP contribution in [0.2, 0.25) is 5.02 Å². The van der Waals surface area contributed by atoms with Gasteiger partial charge in [0.2, 0.25) is 17.5 Å². The zero-order chi connectivity index (χ0) is 22.7. The summed E-state index contributed by atoms with van der Waals surface area (Å²) in [7, 11) is -4.19. The van der Waals surface area contributed by atoms with Crippen molar-refractivity contribution in [3.05, 3.63) is 41.7 Å². The number of carbonyl (C=O) groups excluding carboxylic acids is 2. The molecule has 0 saturated heterocycles. The van der Waals surface area contributed by atoms with Crippen LogP contribution in [-0.2, 0) is 19.4 Å². The molecule has 0 aliphatic rings. The first-order valence-corrected chi connectivity index (χ1v) is 9.97. The standard InChI is InChI=1S/C16H14ClF3N4O5S/c1-15(27,16(18,19)20)13(26)23-11-4-3-9(7-10(11)17)30(28,29)8-12(25)24-14-21-5-2-6-22-14/h2-7,27H,8H2,1H3,(H,23,26)(H,21,22,24,25)/t15-/m1/s1. The highest BCUT2D eigenvalue weighted by molar-refractivity contribution is 7.92. The maximum Gasteiger partial charge on any atom is 0.426 e. The lowest BCUT2D eigenvalue weighted by Gasteiger charge is -2.25. The zero-order valence-corrected chi connectivity index (χ0v) is 16.6. The van der Waals surface area contributed by atoms with E-state index in [0.29, 0.717) is 0 Å². The van der Waals surface area contributed by atoms with E-state index in [1.807, 2.05) is 0 Å². The zero-order valence-electron chi connectivity index (χ0n) is 15.1. The second-order valence-corrected chi connectivity index (χ2v) is 8.44. The van der Waals surface area contributed by atoms with Crippen LogP contribution < -0.4 is 10.6 Å². The lowest BCUT2D eigenvalue weighted by Crippen LogP contribution is -2.52. The van der Waals surface area contributed by atoms with Gasteiger partial charge >= 0.3 is 6.18 Å². The Kier molecular flexibility index (Phi) is 6.69. The Labute approximate surface area is 173 Å². The number of aromatic nitrogens is 2. The number of sulfone groups is 1. The van der Waals surface area contributed by atoms with Crippen molar-refractivity contribution < 1.29 is 36.3 Å². The maximum atomic E-state index is 12.7. The molecule has 0 aliphatic heterocycles. The Balaban J connectivity index is 2.15. The highest BCUT2D eigenvalue weighted by Gasteiger charge is 2.55. The molecule has 30 heavy (non-hydrogen) atoms. The number of alkyl halides is 3. The van der Waals surface area contributed by atoms with Gasteiger partial charge in [0, 0.05) is 12.4 Å². The van der Waals surface area contributed by atoms with Gasteiger partial charge in [-0.1, -0.05) is 11.6 Å². The van der Waals surface area contributed by atoms with Gasteiger partial charge in [-0.25, -0.2) is 18.4 Å². The van der Waals surface area contributed by atoms with E-state index in [2.05, 4.69) is 15.3 Å². The van der Waals surface area contributed by atoms with Gasteiger partial charge in [0.1, 0.15) is 5.75 Å². The molecule has 162 valence electrons. The number of hydrogen-bond donors (Lipinski definition) is 3. The first-order chi connectivity index (χ1) is 13.7. The molecule has 0 fully saturated rings. The molecule has 0 spiro atoms. The van der Waals surface area contributed by atoms with Crippen LogP contribution in [0.1, 0.15) is 6.92 Å². The predicted molar refractivity (Wildman–Crippen MR) is 99.5 cm³/mol. The number of aliphatic hydroxyl groups is 1. The summed E-state index contributed by atoms with van der Waals surface area (Å²) in [6, 6.07) is 4.20. The summed E-state index contributed by atoms with van der Waals surface area (Å²) in [5.41, 5.74) is -4.06. The first kappa shape index (κ1) is 23.5. The van der Waals surface area contributed by atoms with Gasteiger partial charge < -0.3 is 10.4 Å². The molecular formula is C16H14ClF3N4O5S. The van der Waals surface area contributed by atoms with Crippen molar-refractivity contribution >= 4 is 44.9 Å². The molecule has 0 saturated carbocycles. The van der Waals surface area contributed by atoms with Gasteiger partial charge in [0.05, 0.1) is 15.6 Å². The predicted octanol–water partition coefficient (Wildman–Crippen LogP) is 1.79. The number of rotatable bonds is 6. The molecule has 1 aromatic carbocycles. The smallest absolute Gasteiger partial charge is 0.373 e. The van der Waals surface area contributed by atoms with Gasteiger partial charge in [-0.05, 0) is 31.2 Å². The molecule has 0 bridgehead atoms. The molecule has 1 heterocycles. The van der Waals surface area contributed by atoms with Crippen molar-refractivity contribution in [2.45, 2.75) is 23.6 Å². The average Bonchev–Trinajstić information content (AvgIpc) is 2.62. The monoisotopic (exact) mass is 466 g/mol. The second-order valence-electron chi connectivity index (χ2n) is 6.05. The summed E-state index contributed by atoms with van der Waals surface area (Å²) in [4.78, 5) is 30.6. The van der Waals surface area contributed by atoms with Gasteiger partial charge in [0.25, 0.3) is 5.91 Å². The summed E-state index contributed by atoms with van der Waals surface area (Å²) in [6.45, 7) is 0.254. The number of nitrogens with zero attached hydrogens (tertiary/aromatic N) is 2. The van der Waals surface area contributed by atoms with Crippen LogP contribution >= 0.6 is 11.6 Å². The number of carbonyl (C=O) groups is 2. The maximum absolute atomic E-state index is 12.7. The molecule has 9 nitrogen and oxygen atoms in total.